The van der Waals surface area contributed by atoms with Crippen LogP contribution in [0.25, 0.3) is 11.4 Å². The maximum absolute atomic E-state index is 13.7. The van der Waals surface area contributed by atoms with Gasteiger partial charge in [-0.05, 0) is 25.5 Å². The number of hydrogen-bond donors (Lipinski definition) is 1. The van der Waals surface area contributed by atoms with E-state index in [-0.39, 0.29) is 24.1 Å². The Hall–Kier alpha value is -3.22. The van der Waals surface area contributed by atoms with Gasteiger partial charge in [0.15, 0.2) is 17.7 Å². The number of aryl methyl sites for hydroxylation is 1. The summed E-state index contributed by atoms with van der Waals surface area (Å²) in [5, 5.41) is 6.60. The van der Waals surface area contributed by atoms with E-state index in [2.05, 4.69) is 15.5 Å². The van der Waals surface area contributed by atoms with E-state index in [9.17, 15) is 9.18 Å². The largest absolute Gasteiger partial charge is 0.478 e. The zero-order valence-electron chi connectivity index (χ0n) is 15.1. The molecule has 0 radical (unpaired) electrons. The lowest BCUT2D eigenvalue weighted by Crippen LogP contribution is -2.37. The number of benzene rings is 2. The Morgan fingerprint density at radius 2 is 1.96 bits per heavy atom. The Labute approximate surface area is 156 Å². The number of carbonyl (C=O) groups is 1. The molecule has 0 aliphatic heterocycles. The molecule has 0 saturated heterocycles. The predicted molar refractivity (Wildman–Crippen MR) is 97.4 cm³/mol. The van der Waals surface area contributed by atoms with E-state index in [4.69, 9.17) is 9.26 Å². The summed E-state index contributed by atoms with van der Waals surface area (Å²) in [6.07, 6.45) is -0.431. The van der Waals surface area contributed by atoms with Gasteiger partial charge in [0.05, 0.1) is 6.54 Å². The van der Waals surface area contributed by atoms with E-state index in [0.29, 0.717) is 12.2 Å². The van der Waals surface area contributed by atoms with E-state index in [1.54, 1.807) is 19.1 Å². The molecule has 2 aromatic carbocycles. The predicted octanol–water partition coefficient (Wildman–Crippen LogP) is 3.66. The van der Waals surface area contributed by atoms with Crippen molar-refractivity contribution in [2.75, 3.05) is 0 Å². The first-order valence-corrected chi connectivity index (χ1v) is 8.65. The first-order valence-electron chi connectivity index (χ1n) is 8.65. The fourth-order valence-corrected chi connectivity index (χ4v) is 2.44. The molecule has 1 atom stereocenters. The normalized spacial score (nSPS) is 11.8. The molecule has 140 valence electrons. The van der Waals surface area contributed by atoms with Gasteiger partial charge in [-0.25, -0.2) is 4.39 Å². The van der Waals surface area contributed by atoms with Crippen LogP contribution in [-0.4, -0.2) is 22.2 Å². The second-order valence-corrected chi connectivity index (χ2v) is 6.04. The number of halogens is 1. The maximum Gasteiger partial charge on any atom is 0.261 e. The van der Waals surface area contributed by atoms with Gasteiger partial charge < -0.3 is 14.6 Å². The zero-order valence-corrected chi connectivity index (χ0v) is 15.1. The van der Waals surface area contributed by atoms with Gasteiger partial charge in [-0.15, -0.1) is 0 Å². The third-order valence-electron chi connectivity index (χ3n) is 3.96. The summed E-state index contributed by atoms with van der Waals surface area (Å²) in [6, 6.07) is 13.7. The van der Waals surface area contributed by atoms with Crippen molar-refractivity contribution in [3.05, 3.63) is 65.8 Å². The lowest BCUT2D eigenvalue weighted by atomic mass is 10.1. The highest BCUT2D eigenvalue weighted by atomic mass is 19.1. The number of rotatable bonds is 7. The fraction of sp³-hybridized carbons (Fsp3) is 0.250. The Balaban J connectivity index is 1.59. The number of amides is 1. The van der Waals surface area contributed by atoms with Gasteiger partial charge in [-0.1, -0.05) is 54.0 Å². The van der Waals surface area contributed by atoms with Gasteiger partial charge >= 0.3 is 0 Å². The number of para-hydroxylation sites is 1. The molecule has 1 N–H and O–H groups in total. The SMILES string of the molecule is CC[C@H](Oc1ccccc1F)C(=O)NCc1nc(-c2ccc(C)cc2)no1. The monoisotopic (exact) mass is 369 g/mol. The van der Waals surface area contributed by atoms with Crippen LogP contribution in [0.2, 0.25) is 0 Å². The molecular formula is C20H20FN3O3. The van der Waals surface area contributed by atoms with Crippen LogP contribution in [0.5, 0.6) is 5.75 Å². The molecule has 0 aliphatic rings. The number of hydrogen-bond acceptors (Lipinski definition) is 5. The van der Waals surface area contributed by atoms with Crippen LogP contribution < -0.4 is 10.1 Å². The zero-order chi connectivity index (χ0) is 19.2. The molecule has 0 unspecified atom stereocenters. The van der Waals surface area contributed by atoms with Gasteiger partial charge in [0.25, 0.3) is 5.91 Å². The van der Waals surface area contributed by atoms with Crippen molar-refractivity contribution in [2.45, 2.75) is 32.9 Å². The average Bonchev–Trinajstić information content (AvgIpc) is 3.15. The first-order chi connectivity index (χ1) is 13.1. The lowest BCUT2D eigenvalue weighted by molar-refractivity contribution is -0.128. The molecule has 0 aliphatic carbocycles. The van der Waals surface area contributed by atoms with Crippen molar-refractivity contribution >= 4 is 5.91 Å². The summed E-state index contributed by atoms with van der Waals surface area (Å²) in [5.41, 5.74) is 1.96. The van der Waals surface area contributed by atoms with Gasteiger partial charge in [0.2, 0.25) is 11.7 Å². The van der Waals surface area contributed by atoms with Crippen molar-refractivity contribution in [1.82, 2.24) is 15.5 Å². The molecule has 0 bridgehead atoms. The minimum atomic E-state index is -0.818. The van der Waals surface area contributed by atoms with Crippen molar-refractivity contribution in [1.29, 1.82) is 0 Å². The Kier molecular flexibility index (Phi) is 5.80. The van der Waals surface area contributed by atoms with Gasteiger partial charge in [0.1, 0.15) is 0 Å². The maximum atomic E-state index is 13.7. The van der Waals surface area contributed by atoms with Gasteiger partial charge in [0, 0.05) is 5.56 Å². The Morgan fingerprint density at radius 1 is 1.22 bits per heavy atom. The molecule has 3 aromatic rings. The number of ether oxygens (including phenoxy) is 1. The van der Waals surface area contributed by atoms with Crippen molar-refractivity contribution in [3.63, 3.8) is 0 Å². The summed E-state index contributed by atoms with van der Waals surface area (Å²) in [4.78, 5) is 16.6. The van der Waals surface area contributed by atoms with Crippen molar-refractivity contribution in [3.8, 4) is 17.1 Å². The second-order valence-electron chi connectivity index (χ2n) is 6.04. The highest BCUT2D eigenvalue weighted by molar-refractivity contribution is 5.81. The molecule has 1 amide bonds. The Bertz CT molecular complexity index is 909. The smallest absolute Gasteiger partial charge is 0.261 e. The van der Waals surface area contributed by atoms with E-state index >= 15 is 0 Å². The minimum Gasteiger partial charge on any atom is -0.478 e. The van der Waals surface area contributed by atoms with Crippen LogP contribution in [0.1, 0.15) is 24.8 Å². The van der Waals surface area contributed by atoms with Crippen LogP contribution in [0, 0.1) is 12.7 Å². The molecular weight excluding hydrogens is 349 g/mol. The summed E-state index contributed by atoms with van der Waals surface area (Å²) in [5.74, 6) is -0.119. The molecule has 0 spiro atoms. The van der Waals surface area contributed by atoms with Crippen molar-refractivity contribution in [2.24, 2.45) is 0 Å². The molecule has 1 heterocycles. The minimum absolute atomic E-state index is 0.0407. The fourth-order valence-electron chi connectivity index (χ4n) is 2.44. The number of nitrogens with zero attached hydrogens (tertiary/aromatic N) is 2. The van der Waals surface area contributed by atoms with Crippen LogP contribution in [-0.2, 0) is 11.3 Å². The van der Waals surface area contributed by atoms with Crippen LogP contribution in [0.3, 0.4) is 0 Å². The van der Waals surface area contributed by atoms with Crippen molar-refractivity contribution < 1.29 is 18.4 Å². The van der Waals surface area contributed by atoms with Crippen LogP contribution in [0.4, 0.5) is 4.39 Å². The lowest BCUT2D eigenvalue weighted by Gasteiger charge is -2.17. The molecule has 27 heavy (non-hydrogen) atoms. The molecule has 1 aromatic heterocycles. The van der Waals surface area contributed by atoms with Gasteiger partial charge in [-0.3, -0.25) is 4.79 Å². The second kappa shape index (κ2) is 8.44. The van der Waals surface area contributed by atoms with Crippen LogP contribution >= 0.6 is 0 Å². The first kappa shape index (κ1) is 18.6. The van der Waals surface area contributed by atoms with Gasteiger partial charge in [-0.2, -0.15) is 4.98 Å². The summed E-state index contributed by atoms with van der Waals surface area (Å²) in [7, 11) is 0. The summed E-state index contributed by atoms with van der Waals surface area (Å²) >= 11 is 0. The number of nitrogens with one attached hydrogen (secondary N) is 1. The van der Waals surface area contributed by atoms with E-state index in [1.165, 1.54) is 12.1 Å². The molecule has 0 saturated carbocycles. The average molecular weight is 369 g/mol. The topological polar surface area (TPSA) is 77.2 Å². The molecule has 0 fully saturated rings. The molecule has 7 heteroatoms. The Morgan fingerprint density at radius 3 is 2.67 bits per heavy atom. The highest BCUT2D eigenvalue weighted by Gasteiger charge is 2.20. The third kappa shape index (κ3) is 4.69. The number of aromatic nitrogens is 2. The van der Waals surface area contributed by atoms with E-state index < -0.39 is 11.9 Å². The number of carbonyl (C=O) groups excluding carboxylic acids is 1. The van der Waals surface area contributed by atoms with E-state index in [1.807, 2.05) is 31.2 Å². The summed E-state index contributed by atoms with van der Waals surface area (Å²) < 4.78 is 24.3. The standard InChI is InChI=1S/C20H20FN3O3/c1-3-16(26-17-7-5-4-6-15(17)21)20(25)22-12-18-23-19(24-27-18)14-10-8-13(2)9-11-14/h4-11,16H,3,12H2,1-2H3,(H,22,25)/t16-/m0/s1. The summed E-state index contributed by atoms with van der Waals surface area (Å²) in [6.45, 7) is 3.84. The highest BCUT2D eigenvalue weighted by Crippen LogP contribution is 2.19. The third-order valence-corrected chi connectivity index (χ3v) is 3.96. The van der Waals surface area contributed by atoms with E-state index in [0.717, 1.165) is 11.1 Å². The quantitative estimate of drug-likeness (QED) is 0.688. The van der Waals surface area contributed by atoms with Crippen LogP contribution in [0.15, 0.2) is 53.1 Å². The molecule has 3 rings (SSSR count). The molecule has 6 nitrogen and oxygen atoms in total.